The minimum atomic E-state index is 0.0449. The van der Waals surface area contributed by atoms with Crippen LogP contribution < -0.4 is 0 Å². The molecule has 0 aliphatic heterocycles. The second kappa shape index (κ2) is 6.31. The molecule has 0 N–H and O–H groups in total. The van der Waals surface area contributed by atoms with E-state index in [1.807, 2.05) is 6.92 Å². The van der Waals surface area contributed by atoms with Crippen molar-refractivity contribution in [1.29, 1.82) is 0 Å². The summed E-state index contributed by atoms with van der Waals surface area (Å²) < 4.78 is 4.62. The number of ketones is 1. The van der Waals surface area contributed by atoms with Crippen LogP contribution in [0.25, 0.3) is 0 Å². The highest BCUT2D eigenvalue weighted by Crippen LogP contribution is 1.81. The van der Waals surface area contributed by atoms with E-state index < -0.39 is 0 Å². The predicted octanol–water partition coefficient (Wildman–Crippen LogP) is 1.01. The molecule has 0 aromatic rings. The van der Waals surface area contributed by atoms with E-state index in [9.17, 15) is 4.79 Å². The summed E-state index contributed by atoms with van der Waals surface area (Å²) in [5.74, 6) is 5.60. The topological polar surface area (TPSA) is 26.3 Å². The molecule has 0 bridgehead atoms. The normalized spacial score (nSPS) is 8.20. The molecule has 0 radical (unpaired) electrons. The third-order valence-electron chi connectivity index (χ3n) is 0.893. The highest BCUT2D eigenvalue weighted by molar-refractivity contribution is 5.81. The standard InChI is InChI=1S/C8H12O2/c1-3-4-5-6-8(9)7-10-2/h3,6-7H2,1-2H3. The van der Waals surface area contributed by atoms with Crippen molar-refractivity contribution < 1.29 is 9.53 Å². The molecule has 0 saturated heterocycles. The summed E-state index contributed by atoms with van der Waals surface area (Å²) in [6, 6.07) is 0. The lowest BCUT2D eigenvalue weighted by Crippen LogP contribution is -2.04. The number of carbonyl (C=O) groups is 1. The quantitative estimate of drug-likeness (QED) is 0.547. The number of Topliss-reactive ketones (excluding diaryl/α,β-unsaturated/α-hetero) is 1. The van der Waals surface area contributed by atoms with Gasteiger partial charge in [0.05, 0.1) is 6.42 Å². The van der Waals surface area contributed by atoms with Crippen LogP contribution in [0.5, 0.6) is 0 Å². The van der Waals surface area contributed by atoms with Crippen molar-refractivity contribution in [3.63, 3.8) is 0 Å². The zero-order chi connectivity index (χ0) is 7.82. The van der Waals surface area contributed by atoms with E-state index >= 15 is 0 Å². The summed E-state index contributed by atoms with van der Waals surface area (Å²) in [5, 5.41) is 0. The first kappa shape index (κ1) is 9.19. The fraction of sp³-hybridized carbons (Fsp3) is 0.625. The van der Waals surface area contributed by atoms with Crippen molar-refractivity contribution in [2.24, 2.45) is 0 Å². The van der Waals surface area contributed by atoms with Crippen molar-refractivity contribution in [3.8, 4) is 11.8 Å². The second-order valence-electron chi connectivity index (χ2n) is 1.86. The van der Waals surface area contributed by atoms with Gasteiger partial charge in [-0.15, -0.1) is 5.92 Å². The van der Waals surface area contributed by atoms with E-state index in [0.717, 1.165) is 6.42 Å². The van der Waals surface area contributed by atoms with Crippen molar-refractivity contribution in [3.05, 3.63) is 0 Å². The molecule has 56 valence electrons. The van der Waals surface area contributed by atoms with Crippen LogP contribution in [-0.4, -0.2) is 19.5 Å². The highest BCUT2D eigenvalue weighted by Gasteiger charge is 1.94. The van der Waals surface area contributed by atoms with Crippen molar-refractivity contribution in [1.82, 2.24) is 0 Å². The number of ether oxygens (including phenoxy) is 1. The molecule has 0 rings (SSSR count). The van der Waals surface area contributed by atoms with E-state index in [1.165, 1.54) is 7.11 Å². The van der Waals surface area contributed by atoms with Gasteiger partial charge in [-0.3, -0.25) is 4.79 Å². The molecule has 0 atom stereocenters. The minimum Gasteiger partial charge on any atom is -0.377 e. The Bertz CT molecular complexity index is 150. The van der Waals surface area contributed by atoms with Gasteiger partial charge < -0.3 is 4.74 Å². The summed E-state index contributed by atoms with van der Waals surface area (Å²) >= 11 is 0. The molecule has 0 unspecified atom stereocenters. The highest BCUT2D eigenvalue weighted by atomic mass is 16.5. The maximum Gasteiger partial charge on any atom is 0.170 e. The van der Waals surface area contributed by atoms with E-state index in [0.29, 0.717) is 6.42 Å². The molecule has 0 fully saturated rings. The van der Waals surface area contributed by atoms with Gasteiger partial charge >= 0.3 is 0 Å². The lowest BCUT2D eigenvalue weighted by molar-refractivity contribution is -0.121. The average molecular weight is 140 g/mol. The van der Waals surface area contributed by atoms with Crippen LogP contribution in [0.4, 0.5) is 0 Å². The van der Waals surface area contributed by atoms with Gasteiger partial charge in [0, 0.05) is 13.5 Å². The zero-order valence-electron chi connectivity index (χ0n) is 6.44. The third kappa shape index (κ3) is 5.33. The van der Waals surface area contributed by atoms with Crippen LogP contribution in [-0.2, 0) is 9.53 Å². The lowest BCUT2D eigenvalue weighted by atomic mass is 10.3. The van der Waals surface area contributed by atoms with Gasteiger partial charge in [-0.05, 0) is 0 Å². The van der Waals surface area contributed by atoms with E-state index in [4.69, 9.17) is 0 Å². The Labute approximate surface area is 61.6 Å². The average Bonchev–Trinajstić information content (AvgIpc) is 1.89. The first-order chi connectivity index (χ1) is 4.81. The number of rotatable bonds is 3. The van der Waals surface area contributed by atoms with E-state index in [-0.39, 0.29) is 12.4 Å². The number of hydrogen-bond donors (Lipinski definition) is 0. The van der Waals surface area contributed by atoms with Gasteiger partial charge in [-0.25, -0.2) is 0 Å². The number of methoxy groups -OCH3 is 1. The van der Waals surface area contributed by atoms with E-state index in [1.54, 1.807) is 0 Å². The largest absolute Gasteiger partial charge is 0.377 e. The zero-order valence-corrected chi connectivity index (χ0v) is 6.44. The van der Waals surface area contributed by atoms with Gasteiger partial charge in [-0.1, -0.05) is 12.8 Å². The van der Waals surface area contributed by atoms with Gasteiger partial charge in [0.1, 0.15) is 6.61 Å². The maximum atomic E-state index is 10.7. The second-order valence-corrected chi connectivity index (χ2v) is 1.86. The Hall–Kier alpha value is -0.810. The van der Waals surface area contributed by atoms with Crippen LogP contribution in [0, 0.1) is 11.8 Å². The molecule has 0 aliphatic rings. The molecule has 0 amide bonds. The first-order valence-electron chi connectivity index (χ1n) is 3.27. The summed E-state index contributed by atoms with van der Waals surface area (Å²) in [4.78, 5) is 10.7. The van der Waals surface area contributed by atoms with Crippen molar-refractivity contribution >= 4 is 5.78 Å². The van der Waals surface area contributed by atoms with Gasteiger partial charge in [0.15, 0.2) is 5.78 Å². The number of hydrogen-bond acceptors (Lipinski definition) is 2. The molecular weight excluding hydrogens is 128 g/mol. The van der Waals surface area contributed by atoms with Gasteiger partial charge in [-0.2, -0.15) is 0 Å². The Kier molecular flexibility index (Phi) is 5.80. The monoisotopic (exact) mass is 140 g/mol. The molecule has 2 nitrogen and oxygen atoms in total. The fourth-order valence-corrected chi connectivity index (χ4v) is 0.498. The van der Waals surface area contributed by atoms with Crippen LogP contribution in [0.2, 0.25) is 0 Å². The summed E-state index contributed by atoms with van der Waals surface area (Å²) in [6.07, 6.45) is 1.13. The summed E-state index contributed by atoms with van der Waals surface area (Å²) in [7, 11) is 1.51. The van der Waals surface area contributed by atoms with Crippen LogP contribution in [0.1, 0.15) is 19.8 Å². The first-order valence-corrected chi connectivity index (χ1v) is 3.27. The Morgan fingerprint density at radius 1 is 1.50 bits per heavy atom. The molecule has 0 aromatic heterocycles. The molecule has 0 aliphatic carbocycles. The SMILES string of the molecule is CCC#CCC(=O)COC. The van der Waals surface area contributed by atoms with Gasteiger partial charge in [0.2, 0.25) is 0 Å². The Morgan fingerprint density at radius 2 is 2.20 bits per heavy atom. The Morgan fingerprint density at radius 3 is 2.70 bits per heavy atom. The lowest BCUT2D eigenvalue weighted by Gasteiger charge is -1.90. The van der Waals surface area contributed by atoms with Crippen LogP contribution >= 0.6 is 0 Å². The molecule has 0 saturated carbocycles. The summed E-state index contributed by atoms with van der Waals surface area (Å²) in [5.41, 5.74) is 0. The van der Waals surface area contributed by atoms with Crippen molar-refractivity contribution in [2.45, 2.75) is 19.8 Å². The molecule has 2 heteroatoms. The molecular formula is C8H12O2. The van der Waals surface area contributed by atoms with Crippen LogP contribution in [0.15, 0.2) is 0 Å². The smallest absolute Gasteiger partial charge is 0.170 e. The minimum absolute atomic E-state index is 0.0449. The molecule has 0 aromatic carbocycles. The summed E-state index contributed by atoms with van der Waals surface area (Å²) in [6.45, 7) is 2.13. The van der Waals surface area contributed by atoms with Crippen molar-refractivity contribution in [2.75, 3.05) is 13.7 Å². The molecule has 0 spiro atoms. The number of carbonyl (C=O) groups excluding carboxylic acids is 1. The maximum absolute atomic E-state index is 10.7. The van der Waals surface area contributed by atoms with Gasteiger partial charge in [0.25, 0.3) is 0 Å². The predicted molar refractivity (Wildman–Crippen MR) is 39.6 cm³/mol. The molecule has 0 heterocycles. The fourth-order valence-electron chi connectivity index (χ4n) is 0.498. The molecule has 10 heavy (non-hydrogen) atoms. The van der Waals surface area contributed by atoms with Crippen LogP contribution in [0.3, 0.4) is 0 Å². The van der Waals surface area contributed by atoms with E-state index in [2.05, 4.69) is 16.6 Å². The third-order valence-corrected chi connectivity index (χ3v) is 0.893. The Balaban J connectivity index is 3.39.